The number of halogens is 3. The van der Waals surface area contributed by atoms with E-state index in [0.29, 0.717) is 37.3 Å². The summed E-state index contributed by atoms with van der Waals surface area (Å²) in [5.74, 6) is -2.42. The first-order valence-electron chi connectivity index (χ1n) is 9.97. The summed E-state index contributed by atoms with van der Waals surface area (Å²) in [4.78, 5) is 38.2. The third kappa shape index (κ3) is 5.17. The van der Waals surface area contributed by atoms with E-state index in [0.717, 1.165) is 5.56 Å². The van der Waals surface area contributed by atoms with Crippen LogP contribution < -0.4 is 16.1 Å². The molecule has 1 aromatic heterocycles. The van der Waals surface area contributed by atoms with Crippen molar-refractivity contribution in [1.29, 1.82) is 0 Å². The Labute approximate surface area is 209 Å². The van der Waals surface area contributed by atoms with Crippen molar-refractivity contribution in [2.75, 3.05) is 16.1 Å². The lowest BCUT2D eigenvalue weighted by molar-refractivity contribution is -0.133. The summed E-state index contributed by atoms with van der Waals surface area (Å²) in [5, 5.41) is 7.26. The molecule has 1 heterocycles. The van der Waals surface area contributed by atoms with E-state index in [2.05, 4.69) is 16.1 Å². The van der Waals surface area contributed by atoms with Crippen molar-refractivity contribution >= 4 is 74.8 Å². The quantitative estimate of drug-likeness (QED) is 0.297. The monoisotopic (exact) mass is 514 g/mol. The number of nitrogens with zero attached hydrogens (tertiary/aromatic N) is 1. The molecule has 0 aliphatic carbocycles. The van der Waals surface area contributed by atoms with Crippen LogP contribution in [0.4, 0.5) is 11.4 Å². The van der Waals surface area contributed by atoms with Crippen LogP contribution in [0.15, 0.2) is 66.7 Å². The molecule has 4 rings (SSSR count). The number of rotatable bonds is 4. The standard InChI is InChI=1S/C24H17Cl3N4O3/c1-13-2-6-18(12-19(13)27)29-22(32)21-11-14-10-16(26)5-9-20(14)31(21)30-24(34)23(33)28-17-7-3-15(25)4-8-17/h2-12H,1H3,(H,28,33)(H,29,32)(H,30,34). The Balaban J connectivity index is 1.62. The summed E-state index contributed by atoms with van der Waals surface area (Å²) in [7, 11) is 0. The van der Waals surface area contributed by atoms with Crippen LogP contribution in [0.5, 0.6) is 0 Å². The van der Waals surface area contributed by atoms with E-state index >= 15 is 0 Å². The summed E-state index contributed by atoms with van der Waals surface area (Å²) < 4.78 is 1.24. The van der Waals surface area contributed by atoms with Crippen molar-refractivity contribution in [3.8, 4) is 0 Å². The zero-order chi connectivity index (χ0) is 24.4. The van der Waals surface area contributed by atoms with E-state index in [1.54, 1.807) is 66.7 Å². The molecule has 172 valence electrons. The van der Waals surface area contributed by atoms with E-state index in [4.69, 9.17) is 34.8 Å². The lowest BCUT2D eigenvalue weighted by atomic mass is 10.2. The van der Waals surface area contributed by atoms with Crippen LogP contribution in [-0.4, -0.2) is 22.4 Å². The minimum absolute atomic E-state index is 0.0848. The highest BCUT2D eigenvalue weighted by Gasteiger charge is 2.21. The second kappa shape index (κ2) is 9.77. The summed E-state index contributed by atoms with van der Waals surface area (Å²) in [5.41, 5.74) is 4.77. The summed E-state index contributed by atoms with van der Waals surface area (Å²) in [6.07, 6.45) is 0. The molecule has 4 aromatic rings. The van der Waals surface area contributed by atoms with E-state index in [-0.39, 0.29) is 5.69 Å². The molecule has 3 N–H and O–H groups in total. The molecular formula is C24H17Cl3N4O3. The average molecular weight is 516 g/mol. The number of hydrogen-bond acceptors (Lipinski definition) is 3. The molecule has 0 saturated heterocycles. The number of carbonyl (C=O) groups excluding carboxylic acids is 3. The molecule has 0 radical (unpaired) electrons. The highest BCUT2D eigenvalue weighted by Crippen LogP contribution is 2.25. The molecule has 3 aromatic carbocycles. The first-order valence-corrected chi connectivity index (χ1v) is 11.1. The maximum Gasteiger partial charge on any atom is 0.328 e. The van der Waals surface area contributed by atoms with Gasteiger partial charge in [-0.1, -0.05) is 40.9 Å². The molecule has 0 bridgehead atoms. The fraction of sp³-hybridized carbons (Fsp3) is 0.0417. The first-order chi connectivity index (χ1) is 16.2. The molecule has 0 aliphatic heterocycles. The van der Waals surface area contributed by atoms with Crippen molar-refractivity contribution < 1.29 is 14.4 Å². The smallest absolute Gasteiger partial charge is 0.321 e. The SMILES string of the molecule is Cc1ccc(NC(=O)c2cc3cc(Cl)ccc3n2NC(=O)C(=O)Nc2ccc(Cl)cc2)cc1Cl. The Kier molecular flexibility index (Phi) is 6.79. The van der Waals surface area contributed by atoms with Gasteiger partial charge in [0.25, 0.3) is 5.91 Å². The van der Waals surface area contributed by atoms with Gasteiger partial charge in [0, 0.05) is 31.8 Å². The number of carbonyl (C=O) groups is 3. The predicted octanol–water partition coefficient (Wildman–Crippen LogP) is 5.87. The average Bonchev–Trinajstić information content (AvgIpc) is 3.15. The molecule has 0 atom stereocenters. The topological polar surface area (TPSA) is 92.2 Å². The number of anilines is 2. The molecule has 0 unspecified atom stereocenters. The second-order valence-electron chi connectivity index (χ2n) is 7.39. The lowest BCUT2D eigenvalue weighted by Crippen LogP contribution is -2.36. The molecule has 0 saturated carbocycles. The van der Waals surface area contributed by atoms with E-state index in [9.17, 15) is 14.4 Å². The summed E-state index contributed by atoms with van der Waals surface area (Å²) in [6.45, 7) is 1.85. The number of nitrogens with one attached hydrogen (secondary N) is 3. The molecule has 10 heteroatoms. The Morgan fingerprint density at radius 1 is 0.735 bits per heavy atom. The minimum Gasteiger partial charge on any atom is -0.321 e. The molecule has 0 spiro atoms. The van der Waals surface area contributed by atoms with Gasteiger partial charge >= 0.3 is 11.8 Å². The molecule has 0 aliphatic rings. The molecule has 7 nitrogen and oxygen atoms in total. The normalized spacial score (nSPS) is 10.7. The zero-order valence-electron chi connectivity index (χ0n) is 17.7. The van der Waals surface area contributed by atoms with Gasteiger partial charge in [0.1, 0.15) is 5.69 Å². The van der Waals surface area contributed by atoms with Crippen LogP contribution in [0.1, 0.15) is 16.1 Å². The van der Waals surface area contributed by atoms with Crippen LogP contribution in [0.3, 0.4) is 0 Å². The summed E-state index contributed by atoms with van der Waals surface area (Å²) in [6, 6.07) is 17.8. The third-order valence-corrected chi connectivity index (χ3v) is 5.84. The third-order valence-electron chi connectivity index (χ3n) is 4.95. The van der Waals surface area contributed by atoms with Gasteiger partial charge in [-0.3, -0.25) is 19.8 Å². The highest BCUT2D eigenvalue weighted by molar-refractivity contribution is 6.42. The molecule has 0 fully saturated rings. The molecule has 34 heavy (non-hydrogen) atoms. The van der Waals surface area contributed by atoms with Gasteiger partial charge < -0.3 is 10.6 Å². The first kappa shape index (κ1) is 23.6. The minimum atomic E-state index is -0.977. The van der Waals surface area contributed by atoms with Gasteiger partial charge in [-0.2, -0.15) is 0 Å². The van der Waals surface area contributed by atoms with Crippen LogP contribution >= 0.6 is 34.8 Å². The van der Waals surface area contributed by atoms with Crippen molar-refractivity contribution in [2.45, 2.75) is 6.92 Å². The van der Waals surface area contributed by atoms with Crippen LogP contribution in [-0.2, 0) is 9.59 Å². The van der Waals surface area contributed by atoms with Crippen molar-refractivity contribution in [2.24, 2.45) is 0 Å². The van der Waals surface area contributed by atoms with Gasteiger partial charge in [-0.05, 0) is 73.2 Å². The van der Waals surface area contributed by atoms with Crippen molar-refractivity contribution in [3.05, 3.63) is 93.1 Å². The van der Waals surface area contributed by atoms with Crippen molar-refractivity contribution in [3.63, 3.8) is 0 Å². The Morgan fingerprint density at radius 2 is 1.41 bits per heavy atom. The van der Waals surface area contributed by atoms with Gasteiger partial charge in [-0.25, -0.2) is 4.68 Å². The number of hydrogen-bond donors (Lipinski definition) is 3. The van der Waals surface area contributed by atoms with E-state index in [1.807, 2.05) is 6.92 Å². The Morgan fingerprint density at radius 3 is 2.12 bits per heavy atom. The van der Waals surface area contributed by atoms with Gasteiger partial charge in [0.15, 0.2) is 0 Å². The van der Waals surface area contributed by atoms with Crippen LogP contribution in [0.25, 0.3) is 10.9 Å². The highest BCUT2D eigenvalue weighted by atomic mass is 35.5. The zero-order valence-corrected chi connectivity index (χ0v) is 19.9. The van der Waals surface area contributed by atoms with E-state index in [1.165, 1.54) is 4.68 Å². The maximum absolute atomic E-state index is 13.1. The van der Waals surface area contributed by atoms with Crippen LogP contribution in [0.2, 0.25) is 15.1 Å². The fourth-order valence-electron chi connectivity index (χ4n) is 3.21. The Hall–Kier alpha value is -3.52. The number of fused-ring (bicyclic) bond motifs is 1. The van der Waals surface area contributed by atoms with Gasteiger partial charge in [0.05, 0.1) is 5.52 Å². The molecule has 3 amide bonds. The van der Waals surface area contributed by atoms with Gasteiger partial charge in [-0.15, -0.1) is 0 Å². The van der Waals surface area contributed by atoms with Crippen molar-refractivity contribution in [1.82, 2.24) is 4.68 Å². The maximum atomic E-state index is 13.1. The number of aryl methyl sites for hydroxylation is 1. The molecular weight excluding hydrogens is 499 g/mol. The lowest BCUT2D eigenvalue weighted by Gasteiger charge is -2.13. The number of amides is 3. The summed E-state index contributed by atoms with van der Waals surface area (Å²) >= 11 is 18.1. The number of benzene rings is 3. The number of aromatic nitrogens is 1. The predicted molar refractivity (Wildman–Crippen MR) is 136 cm³/mol. The Bertz CT molecular complexity index is 1430. The second-order valence-corrected chi connectivity index (χ2v) is 8.67. The fourth-order valence-corrected chi connectivity index (χ4v) is 3.70. The van der Waals surface area contributed by atoms with E-state index < -0.39 is 17.7 Å². The van der Waals surface area contributed by atoms with Gasteiger partial charge in [0.2, 0.25) is 0 Å². The largest absolute Gasteiger partial charge is 0.328 e. The van der Waals surface area contributed by atoms with Crippen LogP contribution in [0, 0.1) is 6.92 Å².